The van der Waals surface area contributed by atoms with Crippen molar-refractivity contribution < 1.29 is 48.4 Å². The first-order valence-electron chi connectivity index (χ1n) is 15.7. The number of aromatic hydroxyl groups is 2. The molecule has 7 rings (SSSR count). The number of ether oxygens (including phenoxy) is 1. The summed E-state index contributed by atoms with van der Waals surface area (Å²) in [5, 5.41) is 30.9. The summed E-state index contributed by atoms with van der Waals surface area (Å²) in [6, 6.07) is 11.8. The monoisotopic (exact) mass is 688 g/mol. The molecule has 13 heteroatoms. The quantitative estimate of drug-likeness (QED) is 0.227. The first-order chi connectivity index (χ1) is 23.3. The second-order valence-electron chi connectivity index (χ2n) is 12.9. The standard InChI is InChI=1S/C36H30ClFN2O9/c1-3-49-27-6-4-5-21(30(27)42)29-18-10-11-20-28(33(45)39(31(20)43)17-7-9-19(34(46)47)26(41)14-17)22(18)15-23-32(44)40(35(48)36(23,29)2)16-8-12-25(38)24(37)13-16/h4-10,12-14,20,22-23,28-29,41-42H,3,11,15H2,1-2H3,(H,46,47)/t20-,22+,23-,28-,29+,36+/m0/s1. The Bertz CT molecular complexity index is 2030. The summed E-state index contributed by atoms with van der Waals surface area (Å²) in [4.78, 5) is 70.4. The Balaban J connectivity index is 1.37. The SMILES string of the molecule is CCOc1cccc([C@H]2C3=CC[C@@H]4C(=O)N(c5ccc(C(=O)O)c(O)c5)C(=O)[C@@H]4[C@@H]3C[C@H]3C(=O)N(c4ccc(F)c(Cl)c4)C(=O)[C@@]23C)c1O. The summed E-state index contributed by atoms with van der Waals surface area (Å²) < 4.78 is 19.8. The molecule has 1 saturated carbocycles. The summed E-state index contributed by atoms with van der Waals surface area (Å²) in [7, 11) is 0. The van der Waals surface area contributed by atoms with E-state index in [-0.39, 0.29) is 47.3 Å². The summed E-state index contributed by atoms with van der Waals surface area (Å²) in [6.07, 6.45) is 1.93. The van der Waals surface area contributed by atoms with Crippen molar-refractivity contribution in [2.24, 2.45) is 29.1 Å². The smallest absolute Gasteiger partial charge is 0.339 e. The van der Waals surface area contributed by atoms with E-state index in [9.17, 15) is 43.7 Å². The van der Waals surface area contributed by atoms with Crippen molar-refractivity contribution in [3.8, 4) is 17.2 Å². The second kappa shape index (κ2) is 11.4. The minimum absolute atomic E-state index is 0.000748. The van der Waals surface area contributed by atoms with Crippen molar-refractivity contribution >= 4 is 52.6 Å². The van der Waals surface area contributed by atoms with E-state index in [1.165, 1.54) is 18.2 Å². The van der Waals surface area contributed by atoms with Crippen molar-refractivity contribution in [2.75, 3.05) is 16.4 Å². The number of rotatable bonds is 6. The lowest BCUT2D eigenvalue weighted by Gasteiger charge is -2.49. The van der Waals surface area contributed by atoms with Gasteiger partial charge in [-0.05, 0) is 69.0 Å². The van der Waals surface area contributed by atoms with Gasteiger partial charge in [-0.15, -0.1) is 0 Å². The average Bonchev–Trinajstić information content (AvgIpc) is 3.43. The van der Waals surface area contributed by atoms with Gasteiger partial charge in [0.25, 0.3) is 0 Å². The third-order valence-corrected chi connectivity index (χ3v) is 10.8. The number of hydrogen-bond acceptors (Lipinski definition) is 8. The summed E-state index contributed by atoms with van der Waals surface area (Å²) in [5.74, 6) is -9.62. The average molecular weight is 689 g/mol. The lowest BCUT2D eigenvalue weighted by Crippen LogP contribution is -2.48. The molecule has 2 aliphatic heterocycles. The van der Waals surface area contributed by atoms with Crippen molar-refractivity contribution in [3.05, 3.63) is 88.2 Å². The third-order valence-electron chi connectivity index (χ3n) is 10.5. The first-order valence-corrected chi connectivity index (χ1v) is 16.1. The number of nitrogens with zero attached hydrogens (tertiary/aromatic N) is 2. The molecule has 6 atom stereocenters. The molecule has 4 amide bonds. The molecule has 2 saturated heterocycles. The molecule has 0 radical (unpaired) electrons. The van der Waals surface area contributed by atoms with E-state index in [0.29, 0.717) is 11.1 Å². The number of anilines is 2. The summed E-state index contributed by atoms with van der Waals surface area (Å²) >= 11 is 6.06. The third kappa shape index (κ3) is 4.57. The van der Waals surface area contributed by atoms with Gasteiger partial charge in [-0.3, -0.25) is 19.2 Å². The van der Waals surface area contributed by atoms with Crippen LogP contribution in [0.15, 0.2) is 66.2 Å². The normalized spacial score (nSPS) is 27.5. The number of phenols is 2. The molecular weight excluding hydrogens is 659 g/mol. The van der Waals surface area contributed by atoms with E-state index in [4.69, 9.17) is 16.3 Å². The van der Waals surface area contributed by atoms with Gasteiger partial charge in [-0.25, -0.2) is 19.0 Å². The molecule has 2 heterocycles. The maximum Gasteiger partial charge on any atom is 0.339 e. The van der Waals surface area contributed by atoms with Gasteiger partial charge in [0, 0.05) is 17.5 Å². The van der Waals surface area contributed by atoms with Crippen LogP contribution in [0, 0.1) is 34.9 Å². The number of carboxylic acid groups (broad SMARTS) is 1. The number of carbonyl (C=O) groups excluding carboxylic acids is 4. The number of fused-ring (bicyclic) bond motifs is 4. The number of carboxylic acids is 1. The molecule has 252 valence electrons. The Hall–Kier alpha value is -5.23. The van der Waals surface area contributed by atoms with Crippen LogP contribution in [0.4, 0.5) is 15.8 Å². The predicted octanol–water partition coefficient (Wildman–Crippen LogP) is 5.42. The summed E-state index contributed by atoms with van der Waals surface area (Å²) in [5.41, 5.74) is -0.907. The van der Waals surface area contributed by atoms with Crippen LogP contribution in [0.3, 0.4) is 0 Å². The van der Waals surface area contributed by atoms with E-state index >= 15 is 0 Å². The molecule has 11 nitrogen and oxygen atoms in total. The number of allylic oxidation sites excluding steroid dienone is 2. The highest BCUT2D eigenvalue weighted by atomic mass is 35.5. The Labute approximate surface area is 284 Å². The van der Waals surface area contributed by atoms with Gasteiger partial charge >= 0.3 is 5.97 Å². The largest absolute Gasteiger partial charge is 0.507 e. The molecule has 3 aromatic rings. The van der Waals surface area contributed by atoms with Crippen LogP contribution < -0.4 is 14.5 Å². The number of para-hydroxylation sites is 1. The lowest BCUT2D eigenvalue weighted by molar-refractivity contribution is -0.131. The zero-order valence-corrected chi connectivity index (χ0v) is 27.0. The number of carbonyl (C=O) groups is 5. The molecule has 3 aromatic carbocycles. The topological polar surface area (TPSA) is 162 Å². The van der Waals surface area contributed by atoms with Crippen molar-refractivity contribution in [1.82, 2.24) is 0 Å². The molecule has 0 aromatic heterocycles. The van der Waals surface area contributed by atoms with Gasteiger partial charge in [0.2, 0.25) is 23.6 Å². The molecule has 0 bridgehead atoms. The van der Waals surface area contributed by atoms with Crippen molar-refractivity contribution in [2.45, 2.75) is 32.6 Å². The fourth-order valence-corrected chi connectivity index (χ4v) is 8.54. The number of halogens is 2. The highest BCUT2D eigenvalue weighted by molar-refractivity contribution is 6.32. The molecule has 0 unspecified atom stereocenters. The van der Waals surface area contributed by atoms with Gasteiger partial charge in [0.1, 0.15) is 17.1 Å². The maximum absolute atomic E-state index is 14.6. The van der Waals surface area contributed by atoms with E-state index in [1.807, 2.05) is 0 Å². The lowest BCUT2D eigenvalue weighted by atomic mass is 9.51. The van der Waals surface area contributed by atoms with Crippen molar-refractivity contribution in [3.63, 3.8) is 0 Å². The van der Waals surface area contributed by atoms with Gasteiger partial charge in [0.05, 0.1) is 46.2 Å². The van der Waals surface area contributed by atoms with E-state index in [1.54, 1.807) is 38.1 Å². The molecule has 2 aliphatic carbocycles. The highest BCUT2D eigenvalue weighted by Gasteiger charge is 2.68. The van der Waals surface area contributed by atoms with Gasteiger partial charge in [-0.1, -0.05) is 35.4 Å². The van der Waals surface area contributed by atoms with E-state index in [0.717, 1.165) is 28.0 Å². The minimum atomic E-state index is -1.49. The second-order valence-corrected chi connectivity index (χ2v) is 13.3. The van der Waals surface area contributed by atoms with Crippen LogP contribution in [0.2, 0.25) is 5.02 Å². The Morgan fingerprint density at radius 1 is 0.980 bits per heavy atom. The van der Waals surface area contributed by atoms with Crippen LogP contribution in [0.25, 0.3) is 0 Å². The predicted molar refractivity (Wildman–Crippen MR) is 173 cm³/mol. The molecule has 0 spiro atoms. The Morgan fingerprint density at radius 2 is 1.69 bits per heavy atom. The Morgan fingerprint density at radius 3 is 2.37 bits per heavy atom. The van der Waals surface area contributed by atoms with Crippen LogP contribution in [0.5, 0.6) is 17.2 Å². The van der Waals surface area contributed by atoms with Gasteiger partial charge in [0.15, 0.2) is 11.5 Å². The van der Waals surface area contributed by atoms with E-state index in [2.05, 4.69) is 0 Å². The molecule has 3 N–H and O–H groups in total. The number of phenolic OH excluding ortho intramolecular Hbond substituents is 1. The van der Waals surface area contributed by atoms with Gasteiger partial charge < -0.3 is 20.1 Å². The van der Waals surface area contributed by atoms with Crippen molar-refractivity contribution in [1.29, 1.82) is 0 Å². The number of benzene rings is 3. The number of amides is 4. The number of aromatic carboxylic acids is 1. The summed E-state index contributed by atoms with van der Waals surface area (Å²) in [6.45, 7) is 3.63. The zero-order chi connectivity index (χ0) is 35.1. The fraction of sp³-hybridized carbons (Fsp3) is 0.306. The molecule has 3 fully saturated rings. The van der Waals surface area contributed by atoms with Crippen LogP contribution >= 0.6 is 11.6 Å². The number of imide groups is 2. The van der Waals surface area contributed by atoms with Gasteiger partial charge in [-0.2, -0.15) is 0 Å². The minimum Gasteiger partial charge on any atom is -0.507 e. The van der Waals surface area contributed by atoms with Crippen LogP contribution in [-0.2, 0) is 19.2 Å². The van der Waals surface area contributed by atoms with Crippen LogP contribution in [-0.4, -0.2) is 51.5 Å². The molecule has 4 aliphatic rings. The molecule has 49 heavy (non-hydrogen) atoms. The highest BCUT2D eigenvalue weighted by Crippen LogP contribution is 2.65. The molecular formula is C36H30ClFN2O9. The fourth-order valence-electron chi connectivity index (χ4n) is 8.37. The number of hydrogen-bond donors (Lipinski definition) is 3. The van der Waals surface area contributed by atoms with E-state index < -0.39 is 81.7 Å². The first kappa shape index (κ1) is 32.3. The maximum atomic E-state index is 14.6. The van der Waals surface area contributed by atoms with Crippen LogP contribution in [0.1, 0.15) is 48.5 Å². The Kier molecular flexibility index (Phi) is 7.55. The zero-order valence-electron chi connectivity index (χ0n) is 26.2.